The standard InChI is InChI=1S/C20H21NO6/c1-24-15-4-3-12-14(20(15)25-2)9-21(23)6-5-11-7-16-17(27-10-26-16)8-13(11)18(21)19(12)22/h3-4,7-8,18-19,22H,5-6,9-10H2,1-2H3/t18-,19-,21+/m1/s1. The number of methoxy groups -OCH3 is 2. The first-order valence-corrected chi connectivity index (χ1v) is 8.97. The van der Waals surface area contributed by atoms with Crippen molar-refractivity contribution in [3.05, 3.63) is 51.7 Å². The van der Waals surface area contributed by atoms with Crippen molar-refractivity contribution in [2.45, 2.75) is 25.1 Å². The molecule has 3 aliphatic heterocycles. The third kappa shape index (κ3) is 2.25. The Balaban J connectivity index is 1.67. The predicted molar refractivity (Wildman–Crippen MR) is 95.7 cm³/mol. The number of fused-ring (bicyclic) bond motifs is 5. The van der Waals surface area contributed by atoms with Gasteiger partial charge in [0.25, 0.3) is 0 Å². The van der Waals surface area contributed by atoms with Gasteiger partial charge in [-0.15, -0.1) is 0 Å². The normalized spacial score (nSPS) is 27.4. The van der Waals surface area contributed by atoms with Crippen LogP contribution in [0.25, 0.3) is 0 Å². The van der Waals surface area contributed by atoms with Gasteiger partial charge in [0.1, 0.15) is 18.7 Å². The fraction of sp³-hybridized carbons (Fsp3) is 0.400. The molecule has 0 amide bonds. The van der Waals surface area contributed by atoms with E-state index in [1.807, 2.05) is 18.2 Å². The number of ether oxygens (including phenoxy) is 4. The van der Waals surface area contributed by atoms with E-state index in [4.69, 9.17) is 18.9 Å². The molecule has 27 heavy (non-hydrogen) atoms. The maximum atomic E-state index is 13.8. The van der Waals surface area contributed by atoms with Crippen LogP contribution in [-0.2, 0) is 13.0 Å². The molecule has 0 saturated heterocycles. The van der Waals surface area contributed by atoms with Gasteiger partial charge in [-0.2, -0.15) is 0 Å². The first kappa shape index (κ1) is 16.7. The van der Waals surface area contributed by atoms with Crippen LogP contribution in [0.15, 0.2) is 24.3 Å². The minimum atomic E-state index is -0.939. The van der Waals surface area contributed by atoms with Crippen molar-refractivity contribution in [3.63, 3.8) is 0 Å². The van der Waals surface area contributed by atoms with Gasteiger partial charge in [-0.25, -0.2) is 0 Å². The van der Waals surface area contributed by atoms with Crippen LogP contribution >= 0.6 is 0 Å². The molecule has 0 bridgehead atoms. The Morgan fingerprint density at radius 1 is 1.11 bits per heavy atom. The van der Waals surface area contributed by atoms with Gasteiger partial charge in [0.15, 0.2) is 23.0 Å². The van der Waals surface area contributed by atoms with E-state index in [1.54, 1.807) is 20.3 Å². The van der Waals surface area contributed by atoms with Gasteiger partial charge < -0.3 is 33.9 Å². The first-order valence-electron chi connectivity index (χ1n) is 8.97. The zero-order chi connectivity index (χ0) is 18.8. The summed E-state index contributed by atoms with van der Waals surface area (Å²) in [5.41, 5.74) is 3.32. The molecule has 3 aliphatic rings. The predicted octanol–water partition coefficient (Wildman–Crippen LogP) is 2.59. The summed E-state index contributed by atoms with van der Waals surface area (Å²) in [6, 6.07) is 6.80. The van der Waals surface area contributed by atoms with Crippen LogP contribution < -0.4 is 18.9 Å². The minimum absolute atomic E-state index is 0.183. The molecule has 0 aromatic heterocycles. The smallest absolute Gasteiger partial charge is 0.231 e. The summed E-state index contributed by atoms with van der Waals surface area (Å²) in [6.07, 6.45) is -0.314. The molecule has 0 spiro atoms. The Morgan fingerprint density at radius 2 is 1.89 bits per heavy atom. The van der Waals surface area contributed by atoms with E-state index >= 15 is 0 Å². The number of aliphatic hydroxyl groups excluding tert-OH is 1. The summed E-state index contributed by atoms with van der Waals surface area (Å²) in [7, 11) is 3.12. The molecule has 3 heterocycles. The third-order valence-corrected chi connectivity index (χ3v) is 5.95. The molecule has 5 rings (SSSR count). The van der Waals surface area contributed by atoms with Gasteiger partial charge in [-0.05, 0) is 29.3 Å². The summed E-state index contributed by atoms with van der Waals surface area (Å²) < 4.78 is 21.3. The molecule has 2 aromatic carbocycles. The van der Waals surface area contributed by atoms with Crippen molar-refractivity contribution in [1.29, 1.82) is 0 Å². The molecule has 1 N–H and O–H groups in total. The van der Waals surface area contributed by atoms with Gasteiger partial charge in [0, 0.05) is 12.0 Å². The number of rotatable bonds is 2. The summed E-state index contributed by atoms with van der Waals surface area (Å²) in [6.45, 7) is 0.794. The monoisotopic (exact) mass is 371 g/mol. The number of hydrogen-bond donors (Lipinski definition) is 1. The van der Waals surface area contributed by atoms with Crippen molar-refractivity contribution in [1.82, 2.24) is 0 Å². The lowest BCUT2D eigenvalue weighted by atomic mass is 9.81. The molecule has 0 aliphatic carbocycles. The fourth-order valence-electron chi connectivity index (χ4n) is 4.68. The molecule has 7 nitrogen and oxygen atoms in total. The summed E-state index contributed by atoms with van der Waals surface area (Å²) in [4.78, 5) is 0. The molecule has 142 valence electrons. The highest BCUT2D eigenvalue weighted by molar-refractivity contribution is 5.55. The molecule has 0 unspecified atom stereocenters. The third-order valence-electron chi connectivity index (χ3n) is 5.95. The Bertz CT molecular complexity index is 929. The van der Waals surface area contributed by atoms with Gasteiger partial charge in [0.2, 0.25) is 6.79 Å². The molecule has 7 heteroatoms. The van der Waals surface area contributed by atoms with Crippen LogP contribution in [0.1, 0.15) is 34.4 Å². The molecule has 0 radical (unpaired) electrons. The summed E-state index contributed by atoms with van der Waals surface area (Å²) in [5, 5.41) is 25.0. The lowest BCUT2D eigenvalue weighted by molar-refractivity contribution is -0.933. The van der Waals surface area contributed by atoms with Crippen molar-refractivity contribution < 1.29 is 28.7 Å². The Kier molecular flexibility index (Phi) is 3.56. The van der Waals surface area contributed by atoms with Crippen LogP contribution in [0.2, 0.25) is 0 Å². The van der Waals surface area contributed by atoms with E-state index in [1.165, 1.54) is 0 Å². The average Bonchev–Trinajstić information content (AvgIpc) is 3.12. The van der Waals surface area contributed by atoms with E-state index in [0.717, 1.165) is 16.7 Å². The summed E-state index contributed by atoms with van der Waals surface area (Å²) >= 11 is 0. The molecule has 0 fully saturated rings. The van der Waals surface area contributed by atoms with Gasteiger partial charge in [-0.1, -0.05) is 6.07 Å². The van der Waals surface area contributed by atoms with Crippen LogP contribution in [0.4, 0.5) is 0 Å². The number of benzene rings is 2. The number of quaternary nitrogens is 1. The fourth-order valence-corrected chi connectivity index (χ4v) is 4.68. The largest absolute Gasteiger partial charge is 0.632 e. The maximum absolute atomic E-state index is 13.8. The second kappa shape index (κ2) is 5.76. The number of aliphatic hydroxyl groups is 1. The van der Waals surface area contributed by atoms with Crippen molar-refractivity contribution in [3.8, 4) is 23.0 Å². The molecule has 0 saturated carbocycles. The van der Waals surface area contributed by atoms with Crippen LogP contribution in [0.3, 0.4) is 0 Å². The highest BCUT2D eigenvalue weighted by atomic mass is 16.7. The van der Waals surface area contributed by atoms with Crippen molar-refractivity contribution in [2.24, 2.45) is 0 Å². The van der Waals surface area contributed by atoms with E-state index in [0.29, 0.717) is 41.5 Å². The molecular formula is C20H21NO6. The minimum Gasteiger partial charge on any atom is -0.632 e. The lowest BCUT2D eigenvalue weighted by Crippen LogP contribution is -2.53. The topological polar surface area (TPSA) is 80.2 Å². The maximum Gasteiger partial charge on any atom is 0.231 e. The number of hydroxylamine groups is 3. The Hall–Kier alpha value is -2.48. The Morgan fingerprint density at radius 3 is 2.63 bits per heavy atom. The van der Waals surface area contributed by atoms with Gasteiger partial charge >= 0.3 is 0 Å². The zero-order valence-corrected chi connectivity index (χ0v) is 15.2. The quantitative estimate of drug-likeness (QED) is 0.646. The SMILES string of the molecule is COc1ccc2c(c1OC)C[N@@+]1([O-])CCc3cc4c(cc3[C@@H]1[C@@H]2O)OCO4. The van der Waals surface area contributed by atoms with Crippen LogP contribution in [0.5, 0.6) is 23.0 Å². The summed E-state index contributed by atoms with van der Waals surface area (Å²) in [5.74, 6) is 2.43. The van der Waals surface area contributed by atoms with Gasteiger partial charge in [0.05, 0.1) is 26.3 Å². The van der Waals surface area contributed by atoms with Crippen molar-refractivity contribution in [2.75, 3.05) is 27.6 Å². The van der Waals surface area contributed by atoms with Crippen LogP contribution in [0, 0.1) is 5.21 Å². The van der Waals surface area contributed by atoms with E-state index < -0.39 is 16.8 Å². The number of nitrogens with zero attached hydrogens (tertiary/aromatic N) is 1. The first-order chi connectivity index (χ1) is 13.1. The Labute approximate surface area is 156 Å². The van der Waals surface area contributed by atoms with Crippen molar-refractivity contribution >= 4 is 0 Å². The zero-order valence-electron chi connectivity index (χ0n) is 15.2. The molecule has 3 atom stereocenters. The average molecular weight is 371 g/mol. The van der Waals surface area contributed by atoms with E-state index in [-0.39, 0.29) is 13.3 Å². The molecular weight excluding hydrogens is 350 g/mol. The second-order valence-corrected chi connectivity index (χ2v) is 7.25. The van der Waals surface area contributed by atoms with Crippen LogP contribution in [-0.4, -0.2) is 37.3 Å². The highest BCUT2D eigenvalue weighted by Gasteiger charge is 2.48. The second-order valence-electron chi connectivity index (χ2n) is 7.25. The molecule has 2 aromatic rings. The highest BCUT2D eigenvalue weighted by Crippen LogP contribution is 2.53. The number of hydrogen-bond acceptors (Lipinski definition) is 6. The van der Waals surface area contributed by atoms with E-state index in [2.05, 4.69) is 0 Å². The lowest BCUT2D eigenvalue weighted by Gasteiger charge is -2.56. The van der Waals surface area contributed by atoms with Gasteiger partial charge in [-0.3, -0.25) is 0 Å². The van der Waals surface area contributed by atoms with E-state index in [9.17, 15) is 10.3 Å².